The molecule has 0 spiro atoms. The van der Waals surface area contributed by atoms with Gasteiger partial charge in [0.15, 0.2) is 11.5 Å². The van der Waals surface area contributed by atoms with E-state index in [0.717, 1.165) is 34.6 Å². The zero-order valence-electron chi connectivity index (χ0n) is 19.4. The van der Waals surface area contributed by atoms with Crippen molar-refractivity contribution < 1.29 is 0 Å². The molecule has 0 aliphatic heterocycles. The number of benzene rings is 2. The highest BCUT2D eigenvalue weighted by molar-refractivity contribution is 5.90. The third-order valence-electron chi connectivity index (χ3n) is 5.72. The summed E-state index contributed by atoms with van der Waals surface area (Å²) in [5, 5.41) is 1.67. The van der Waals surface area contributed by atoms with Crippen molar-refractivity contribution in [1.82, 2.24) is 34.1 Å². The Morgan fingerprint density at radius 2 is 1.83 bits per heavy atom. The Hall–Kier alpha value is -4.79. The van der Waals surface area contributed by atoms with Gasteiger partial charge in [0.05, 0.1) is 29.4 Å². The molecule has 9 heteroatoms. The maximum absolute atomic E-state index is 13.4. The molecular formula is C26H24N8O. The number of nitrogen functional groups attached to an aromatic ring is 1. The van der Waals surface area contributed by atoms with Crippen LogP contribution < -0.4 is 11.3 Å². The molecule has 6 aromatic rings. The SMILES string of the molecule is CCc1cc2cccc(-n3cnc(C)c3)c2c(=O)n1-c1ccccc1.Nc1ncnc2nc[nH]c12. The fourth-order valence-corrected chi connectivity index (χ4v) is 4.07. The van der Waals surface area contributed by atoms with Gasteiger partial charge in [0, 0.05) is 17.6 Å². The van der Waals surface area contributed by atoms with Crippen molar-refractivity contribution in [3.8, 4) is 11.4 Å². The maximum Gasteiger partial charge on any atom is 0.265 e. The van der Waals surface area contributed by atoms with Crippen LogP contribution in [0.5, 0.6) is 0 Å². The maximum atomic E-state index is 13.4. The van der Waals surface area contributed by atoms with Gasteiger partial charge in [0.2, 0.25) is 0 Å². The molecule has 0 saturated heterocycles. The van der Waals surface area contributed by atoms with E-state index in [4.69, 9.17) is 5.73 Å². The first-order valence-electron chi connectivity index (χ1n) is 11.2. The molecule has 0 amide bonds. The zero-order valence-corrected chi connectivity index (χ0v) is 19.4. The van der Waals surface area contributed by atoms with Crippen LogP contribution in [0.4, 0.5) is 5.82 Å². The Balaban J connectivity index is 0.000000211. The Kier molecular flexibility index (Phi) is 5.80. The molecule has 3 N–H and O–H groups in total. The van der Waals surface area contributed by atoms with E-state index in [9.17, 15) is 4.79 Å². The minimum Gasteiger partial charge on any atom is -0.382 e. The van der Waals surface area contributed by atoms with E-state index in [-0.39, 0.29) is 5.56 Å². The molecule has 6 rings (SSSR count). The van der Waals surface area contributed by atoms with Crippen molar-refractivity contribution in [1.29, 1.82) is 0 Å². The molecule has 2 aromatic carbocycles. The van der Waals surface area contributed by atoms with Crippen LogP contribution in [0.3, 0.4) is 0 Å². The average molecular weight is 465 g/mol. The van der Waals surface area contributed by atoms with Crippen molar-refractivity contribution in [3.05, 3.63) is 102 Å². The van der Waals surface area contributed by atoms with Crippen molar-refractivity contribution in [2.75, 3.05) is 5.73 Å². The second kappa shape index (κ2) is 9.22. The standard InChI is InChI=1S/C21H19N3O.C5H5N5/c1-3-17-12-16-8-7-11-19(23-13-15(2)22-14-23)20(16)21(25)24(17)18-9-5-4-6-10-18;6-4-3-5(9-1-7-3)10-2-8-4/h4-14H,3H2,1-2H3;1-2H,(H3,6,7,8,9,10). The van der Waals surface area contributed by atoms with Crippen LogP contribution in [0.25, 0.3) is 33.3 Å². The summed E-state index contributed by atoms with van der Waals surface area (Å²) in [5.41, 5.74) is 10.5. The second-order valence-electron chi connectivity index (χ2n) is 7.99. The summed E-state index contributed by atoms with van der Waals surface area (Å²) in [7, 11) is 0. The van der Waals surface area contributed by atoms with Crippen molar-refractivity contribution in [2.24, 2.45) is 0 Å². The number of hydrogen-bond acceptors (Lipinski definition) is 6. The lowest BCUT2D eigenvalue weighted by Gasteiger charge is -2.15. The van der Waals surface area contributed by atoms with Crippen LogP contribution in [0, 0.1) is 6.92 Å². The van der Waals surface area contributed by atoms with E-state index in [1.165, 1.54) is 12.7 Å². The first-order valence-corrected chi connectivity index (χ1v) is 11.2. The highest BCUT2D eigenvalue weighted by Gasteiger charge is 2.14. The minimum absolute atomic E-state index is 0.00232. The molecule has 0 unspecified atom stereocenters. The number of H-pyrrole nitrogens is 1. The second-order valence-corrected chi connectivity index (χ2v) is 7.99. The number of anilines is 1. The molecule has 0 atom stereocenters. The van der Waals surface area contributed by atoms with Gasteiger partial charge in [-0.1, -0.05) is 37.3 Å². The van der Waals surface area contributed by atoms with Gasteiger partial charge in [-0.2, -0.15) is 0 Å². The molecule has 35 heavy (non-hydrogen) atoms. The Morgan fingerprint density at radius 1 is 1.00 bits per heavy atom. The normalized spacial score (nSPS) is 10.9. The third kappa shape index (κ3) is 4.15. The number of aromatic amines is 1. The number of imidazole rings is 2. The van der Waals surface area contributed by atoms with Gasteiger partial charge < -0.3 is 15.3 Å². The van der Waals surface area contributed by atoms with Crippen LogP contribution in [0.15, 0.2) is 84.6 Å². The molecule has 0 bridgehead atoms. The van der Waals surface area contributed by atoms with Crippen molar-refractivity contribution >= 4 is 27.8 Å². The third-order valence-corrected chi connectivity index (χ3v) is 5.72. The minimum atomic E-state index is 0.00232. The lowest BCUT2D eigenvalue weighted by Crippen LogP contribution is -2.23. The van der Waals surface area contributed by atoms with Crippen LogP contribution >= 0.6 is 0 Å². The number of nitrogens with two attached hydrogens (primary N) is 1. The van der Waals surface area contributed by atoms with E-state index in [0.29, 0.717) is 22.4 Å². The Labute approximate surface area is 201 Å². The number of nitrogens with one attached hydrogen (secondary N) is 1. The molecule has 0 aliphatic carbocycles. The van der Waals surface area contributed by atoms with Crippen molar-refractivity contribution in [2.45, 2.75) is 20.3 Å². The lowest BCUT2D eigenvalue weighted by atomic mass is 10.1. The Morgan fingerprint density at radius 3 is 2.54 bits per heavy atom. The first-order chi connectivity index (χ1) is 17.1. The first kappa shape index (κ1) is 22.0. The molecular weight excluding hydrogens is 440 g/mol. The summed E-state index contributed by atoms with van der Waals surface area (Å²) in [4.78, 5) is 32.1. The predicted octanol–water partition coefficient (Wildman–Crippen LogP) is 3.98. The van der Waals surface area contributed by atoms with Crippen LogP contribution in [0.2, 0.25) is 0 Å². The Bertz CT molecular complexity index is 1680. The summed E-state index contributed by atoms with van der Waals surface area (Å²) < 4.78 is 3.73. The fraction of sp³-hybridized carbons (Fsp3) is 0.115. The van der Waals surface area contributed by atoms with E-state index >= 15 is 0 Å². The van der Waals surface area contributed by atoms with E-state index in [2.05, 4.69) is 37.9 Å². The predicted molar refractivity (Wildman–Crippen MR) is 137 cm³/mol. The van der Waals surface area contributed by atoms with E-state index < -0.39 is 0 Å². The quantitative estimate of drug-likeness (QED) is 0.409. The number of hydrogen-bond donors (Lipinski definition) is 2. The topological polar surface area (TPSA) is 120 Å². The molecule has 0 radical (unpaired) electrons. The van der Waals surface area contributed by atoms with Gasteiger partial charge in [0.1, 0.15) is 11.8 Å². The number of rotatable bonds is 3. The number of aromatic nitrogens is 7. The number of aryl methyl sites for hydroxylation is 2. The molecule has 4 aromatic heterocycles. The zero-order chi connectivity index (χ0) is 24.4. The smallest absolute Gasteiger partial charge is 0.265 e. The number of fused-ring (bicyclic) bond motifs is 2. The molecule has 0 saturated carbocycles. The largest absolute Gasteiger partial charge is 0.382 e. The highest BCUT2D eigenvalue weighted by atomic mass is 16.1. The van der Waals surface area contributed by atoms with Gasteiger partial charge in [-0.15, -0.1) is 0 Å². The molecule has 174 valence electrons. The average Bonchev–Trinajstić information content (AvgIpc) is 3.54. The van der Waals surface area contributed by atoms with Gasteiger partial charge in [-0.3, -0.25) is 9.36 Å². The van der Waals surface area contributed by atoms with Gasteiger partial charge in [-0.25, -0.2) is 19.9 Å². The highest BCUT2D eigenvalue weighted by Crippen LogP contribution is 2.22. The van der Waals surface area contributed by atoms with Crippen LogP contribution in [-0.2, 0) is 6.42 Å². The molecule has 4 heterocycles. The van der Waals surface area contributed by atoms with Gasteiger partial charge in [-0.05, 0) is 43.0 Å². The van der Waals surface area contributed by atoms with E-state index in [1.807, 2.05) is 70.8 Å². The van der Waals surface area contributed by atoms with E-state index in [1.54, 1.807) is 6.33 Å². The number of nitrogens with zero attached hydrogens (tertiary/aromatic N) is 6. The van der Waals surface area contributed by atoms with Crippen molar-refractivity contribution in [3.63, 3.8) is 0 Å². The molecule has 0 fully saturated rings. The fourth-order valence-electron chi connectivity index (χ4n) is 4.07. The molecule has 9 nitrogen and oxygen atoms in total. The molecule has 0 aliphatic rings. The number of para-hydroxylation sites is 1. The summed E-state index contributed by atoms with van der Waals surface area (Å²) in [6.45, 7) is 4.02. The van der Waals surface area contributed by atoms with Crippen LogP contribution in [-0.4, -0.2) is 34.1 Å². The summed E-state index contributed by atoms with van der Waals surface area (Å²) in [5.74, 6) is 0.433. The summed E-state index contributed by atoms with van der Waals surface area (Å²) in [6, 6.07) is 17.9. The van der Waals surface area contributed by atoms with Gasteiger partial charge >= 0.3 is 0 Å². The van der Waals surface area contributed by atoms with Crippen LogP contribution in [0.1, 0.15) is 18.3 Å². The lowest BCUT2D eigenvalue weighted by molar-refractivity contribution is 0.887. The van der Waals surface area contributed by atoms with Gasteiger partial charge in [0.25, 0.3) is 5.56 Å². The monoisotopic (exact) mass is 464 g/mol. The number of pyridine rings is 1. The summed E-state index contributed by atoms with van der Waals surface area (Å²) in [6.07, 6.45) is 7.40. The summed E-state index contributed by atoms with van der Waals surface area (Å²) >= 11 is 0.